The van der Waals surface area contributed by atoms with Crippen LogP contribution in [0.3, 0.4) is 0 Å². The molecule has 36 heavy (non-hydrogen) atoms. The molecule has 0 aromatic heterocycles. The molecule has 0 radical (unpaired) electrons. The van der Waals surface area contributed by atoms with E-state index in [0.717, 1.165) is 0 Å². The number of halogens is 2. The van der Waals surface area contributed by atoms with Crippen molar-refractivity contribution in [1.82, 2.24) is 5.32 Å². The minimum absolute atomic E-state index is 0.0709. The average molecular weight is 523 g/mol. The van der Waals surface area contributed by atoms with E-state index in [1.807, 2.05) is 0 Å². The molecule has 1 spiro atoms. The van der Waals surface area contributed by atoms with Crippen molar-refractivity contribution in [2.75, 3.05) is 5.32 Å². The topological polar surface area (TPSA) is 117 Å². The van der Waals surface area contributed by atoms with E-state index in [-0.39, 0.29) is 22.4 Å². The van der Waals surface area contributed by atoms with E-state index >= 15 is 0 Å². The zero-order chi connectivity index (χ0) is 25.6. The molecule has 5 rings (SSSR count). The lowest BCUT2D eigenvalue weighted by molar-refractivity contribution is -0.532. The number of carbonyl (C=O) groups excluding carboxylic acids is 1. The summed E-state index contributed by atoms with van der Waals surface area (Å²) in [4.78, 5) is 25.2. The van der Waals surface area contributed by atoms with Gasteiger partial charge < -0.3 is 10.1 Å². The molecule has 2 heterocycles. The SMILES string of the molecule is C[C@@H]1N[C@]2(C(=O)Nc3ccccc32)[C@H]([N+](=O)[O-])[C@@H]1c1cc(Cl)c(OCc2ccccc2C#N)c(Cl)c1. The molecule has 8 nitrogen and oxygen atoms in total. The van der Waals surface area contributed by atoms with E-state index in [1.165, 1.54) is 0 Å². The molecule has 4 atom stereocenters. The molecule has 10 heteroatoms. The Morgan fingerprint density at radius 1 is 1.14 bits per heavy atom. The quantitative estimate of drug-likeness (QED) is 0.359. The number of nitriles is 1. The summed E-state index contributed by atoms with van der Waals surface area (Å²) in [6.45, 7) is 1.87. The summed E-state index contributed by atoms with van der Waals surface area (Å²) in [5.74, 6) is -0.960. The third-order valence-corrected chi connectivity index (χ3v) is 7.44. The smallest absolute Gasteiger partial charge is 0.256 e. The van der Waals surface area contributed by atoms with Gasteiger partial charge >= 0.3 is 0 Å². The summed E-state index contributed by atoms with van der Waals surface area (Å²) < 4.78 is 5.84. The lowest BCUT2D eigenvalue weighted by Gasteiger charge is -2.25. The van der Waals surface area contributed by atoms with Gasteiger partial charge in [-0.2, -0.15) is 5.26 Å². The Kier molecular flexibility index (Phi) is 6.08. The van der Waals surface area contributed by atoms with Crippen LogP contribution in [0.25, 0.3) is 0 Å². The molecule has 1 fully saturated rings. The summed E-state index contributed by atoms with van der Waals surface area (Å²) in [5.41, 5.74) is 1.23. The molecular weight excluding hydrogens is 503 g/mol. The Hall–Kier alpha value is -3.64. The number of nitro groups is 1. The van der Waals surface area contributed by atoms with Crippen LogP contribution in [0.5, 0.6) is 5.75 Å². The van der Waals surface area contributed by atoms with Gasteiger partial charge in [-0.05, 0) is 36.8 Å². The Bertz CT molecular complexity index is 1420. The number of nitrogens with one attached hydrogen (secondary N) is 2. The highest BCUT2D eigenvalue weighted by molar-refractivity contribution is 6.37. The van der Waals surface area contributed by atoms with Gasteiger partial charge in [0.25, 0.3) is 11.9 Å². The van der Waals surface area contributed by atoms with Gasteiger partial charge in [-0.3, -0.25) is 20.2 Å². The van der Waals surface area contributed by atoms with Crippen LogP contribution in [0.2, 0.25) is 10.0 Å². The first-order valence-electron chi connectivity index (χ1n) is 11.2. The van der Waals surface area contributed by atoms with Crippen molar-refractivity contribution in [3.05, 3.63) is 103 Å². The number of benzene rings is 3. The van der Waals surface area contributed by atoms with Gasteiger partial charge in [0.1, 0.15) is 6.61 Å². The fraction of sp³-hybridized carbons (Fsp3) is 0.231. The number of nitrogens with zero attached hydrogens (tertiary/aromatic N) is 2. The van der Waals surface area contributed by atoms with Gasteiger partial charge in [0, 0.05) is 27.8 Å². The molecule has 2 aliphatic rings. The van der Waals surface area contributed by atoms with Gasteiger partial charge in [-0.25, -0.2) is 0 Å². The van der Waals surface area contributed by atoms with Gasteiger partial charge in [0.2, 0.25) is 0 Å². The molecule has 0 aliphatic carbocycles. The molecule has 182 valence electrons. The second-order valence-electron chi connectivity index (χ2n) is 8.87. The van der Waals surface area contributed by atoms with E-state index in [0.29, 0.717) is 27.9 Å². The van der Waals surface area contributed by atoms with E-state index in [1.54, 1.807) is 67.6 Å². The van der Waals surface area contributed by atoms with Crippen LogP contribution in [0.1, 0.15) is 35.1 Å². The minimum Gasteiger partial charge on any atom is -0.486 e. The van der Waals surface area contributed by atoms with Crippen LogP contribution in [0.15, 0.2) is 60.7 Å². The van der Waals surface area contributed by atoms with Crippen LogP contribution in [-0.4, -0.2) is 22.9 Å². The van der Waals surface area contributed by atoms with Crippen molar-refractivity contribution in [2.24, 2.45) is 0 Å². The summed E-state index contributed by atoms with van der Waals surface area (Å²) in [6.07, 6.45) is 0. The summed E-state index contributed by atoms with van der Waals surface area (Å²) in [7, 11) is 0. The molecule has 3 aromatic rings. The first-order chi connectivity index (χ1) is 17.3. The van der Waals surface area contributed by atoms with Crippen LogP contribution in [0, 0.1) is 21.4 Å². The zero-order valence-electron chi connectivity index (χ0n) is 19.0. The number of rotatable bonds is 5. The van der Waals surface area contributed by atoms with Crippen molar-refractivity contribution in [1.29, 1.82) is 5.26 Å². The Labute approximate surface area is 216 Å². The highest BCUT2D eigenvalue weighted by Gasteiger charge is 2.67. The standard InChI is InChI=1S/C26H20Cl2N4O4/c1-14-22(24(32(34)35)26(31-14)18-8-4-5-9-21(18)30-25(26)33)17-10-19(27)23(20(28)11-17)36-13-16-7-3-2-6-15(16)12-29/h2-11,14,22,24,31H,13H2,1H3,(H,30,33)/t14-,22-,24+,26-/m0/s1. The molecule has 1 amide bonds. The normalized spacial score (nSPS) is 24.3. The minimum atomic E-state index is -1.53. The van der Waals surface area contributed by atoms with Crippen molar-refractivity contribution in [2.45, 2.75) is 37.1 Å². The fourth-order valence-corrected chi connectivity index (χ4v) is 5.98. The number of amides is 1. The maximum Gasteiger partial charge on any atom is 0.256 e. The van der Waals surface area contributed by atoms with E-state index in [9.17, 15) is 20.2 Å². The highest BCUT2D eigenvalue weighted by Crippen LogP contribution is 2.50. The van der Waals surface area contributed by atoms with Crippen LogP contribution < -0.4 is 15.4 Å². The molecule has 0 unspecified atom stereocenters. The molecule has 2 N–H and O–H groups in total. The van der Waals surface area contributed by atoms with Gasteiger partial charge in [-0.1, -0.05) is 59.6 Å². The van der Waals surface area contributed by atoms with E-state index in [4.69, 9.17) is 27.9 Å². The van der Waals surface area contributed by atoms with Crippen molar-refractivity contribution in [3.8, 4) is 11.8 Å². The summed E-state index contributed by atoms with van der Waals surface area (Å²) >= 11 is 13.1. The second-order valence-corrected chi connectivity index (χ2v) is 9.68. The lowest BCUT2D eigenvalue weighted by atomic mass is 9.78. The van der Waals surface area contributed by atoms with Crippen LogP contribution >= 0.6 is 23.2 Å². The Balaban J connectivity index is 1.51. The van der Waals surface area contributed by atoms with Gasteiger partial charge in [-0.15, -0.1) is 0 Å². The maximum absolute atomic E-state index is 13.2. The average Bonchev–Trinajstić information content (AvgIpc) is 3.32. The number of hydrogen-bond donors (Lipinski definition) is 2. The predicted octanol–water partition coefficient (Wildman–Crippen LogP) is 5.01. The number of para-hydroxylation sites is 1. The third-order valence-electron chi connectivity index (χ3n) is 6.88. The lowest BCUT2D eigenvalue weighted by Crippen LogP contribution is -2.54. The number of anilines is 1. The first-order valence-corrected chi connectivity index (χ1v) is 12.0. The molecule has 0 bridgehead atoms. The molecule has 2 aliphatic heterocycles. The van der Waals surface area contributed by atoms with Crippen molar-refractivity contribution < 1.29 is 14.5 Å². The predicted molar refractivity (Wildman–Crippen MR) is 135 cm³/mol. The number of ether oxygens (including phenoxy) is 1. The molecular formula is C26H20Cl2N4O4. The van der Waals surface area contributed by atoms with Crippen molar-refractivity contribution in [3.63, 3.8) is 0 Å². The van der Waals surface area contributed by atoms with E-state index in [2.05, 4.69) is 16.7 Å². The van der Waals surface area contributed by atoms with E-state index < -0.39 is 34.4 Å². The highest BCUT2D eigenvalue weighted by atomic mass is 35.5. The number of hydrogen-bond acceptors (Lipinski definition) is 6. The first kappa shape index (κ1) is 24.1. The molecule has 1 saturated heterocycles. The largest absolute Gasteiger partial charge is 0.486 e. The van der Waals surface area contributed by atoms with Gasteiger partial charge in [0.05, 0.1) is 27.6 Å². The molecule has 0 saturated carbocycles. The molecule has 3 aromatic carbocycles. The summed E-state index contributed by atoms with van der Waals surface area (Å²) in [5, 5.41) is 28.1. The van der Waals surface area contributed by atoms with Gasteiger partial charge in [0.15, 0.2) is 11.3 Å². The fourth-order valence-electron chi connectivity index (χ4n) is 5.37. The third kappa shape index (κ3) is 3.68. The summed E-state index contributed by atoms with van der Waals surface area (Å²) in [6, 6.07) is 17.5. The number of fused-ring (bicyclic) bond motifs is 2. The van der Waals surface area contributed by atoms with Crippen LogP contribution in [0.4, 0.5) is 5.69 Å². The monoisotopic (exact) mass is 522 g/mol. The Morgan fingerprint density at radius 3 is 2.50 bits per heavy atom. The van der Waals surface area contributed by atoms with Crippen molar-refractivity contribution >= 4 is 34.8 Å². The number of carbonyl (C=O) groups is 1. The Morgan fingerprint density at radius 2 is 1.81 bits per heavy atom. The maximum atomic E-state index is 13.2. The second kappa shape index (κ2) is 9.10. The zero-order valence-corrected chi connectivity index (χ0v) is 20.5. The van der Waals surface area contributed by atoms with Crippen LogP contribution in [-0.2, 0) is 16.9 Å².